The molecule has 234 valence electrons. The van der Waals surface area contributed by atoms with Crippen LogP contribution in [0.4, 0.5) is 4.79 Å². The highest BCUT2D eigenvalue weighted by molar-refractivity contribution is 7.98. The molecule has 2 aromatic rings. The molecular formula is C35H48N2O5S. The number of carbonyl (C=O) groups excluding carboxylic acids is 2. The third-order valence-electron chi connectivity index (χ3n) is 8.93. The number of amides is 2. The molecule has 0 heterocycles. The summed E-state index contributed by atoms with van der Waals surface area (Å²) in [5.74, 6) is -0.279. The van der Waals surface area contributed by atoms with E-state index in [4.69, 9.17) is 4.74 Å². The van der Waals surface area contributed by atoms with Gasteiger partial charge in [-0.25, -0.2) is 9.59 Å². The van der Waals surface area contributed by atoms with Crippen molar-refractivity contribution in [3.63, 3.8) is 0 Å². The summed E-state index contributed by atoms with van der Waals surface area (Å²) in [6, 6.07) is 12.7. The Morgan fingerprint density at radius 2 is 1.67 bits per heavy atom. The van der Waals surface area contributed by atoms with Crippen LogP contribution in [0.2, 0.25) is 0 Å². The van der Waals surface area contributed by atoms with Gasteiger partial charge in [0, 0.05) is 18.7 Å². The van der Waals surface area contributed by atoms with Crippen LogP contribution in [0.25, 0.3) is 11.1 Å². The third-order valence-corrected chi connectivity index (χ3v) is 9.57. The largest absolute Gasteiger partial charge is 0.480 e. The van der Waals surface area contributed by atoms with Crippen molar-refractivity contribution in [2.24, 2.45) is 5.92 Å². The number of aryl methyl sites for hydroxylation is 1. The summed E-state index contributed by atoms with van der Waals surface area (Å²) < 4.78 is 6.01. The van der Waals surface area contributed by atoms with E-state index in [1.165, 1.54) is 25.7 Å². The number of hydrogen-bond donors (Lipinski definition) is 2. The Kier molecular flexibility index (Phi) is 12.8. The number of carbonyl (C=O) groups is 3. The molecule has 0 saturated heterocycles. The second-order valence-corrected chi connectivity index (χ2v) is 13.2. The lowest BCUT2D eigenvalue weighted by molar-refractivity contribution is -0.139. The maximum absolute atomic E-state index is 13.5. The second kappa shape index (κ2) is 16.7. The number of aliphatic carboxylic acids is 1. The number of carboxylic acid groups (broad SMARTS) is 1. The first-order valence-electron chi connectivity index (χ1n) is 16.0. The summed E-state index contributed by atoms with van der Waals surface area (Å²) in [6.07, 6.45) is 14.1. The third kappa shape index (κ3) is 9.75. The average molecular weight is 609 g/mol. The van der Waals surface area contributed by atoms with Crippen LogP contribution < -0.4 is 5.32 Å². The predicted molar refractivity (Wildman–Crippen MR) is 174 cm³/mol. The molecule has 8 heteroatoms. The first-order valence-corrected chi connectivity index (χ1v) is 17.4. The molecule has 2 aliphatic carbocycles. The smallest absolute Gasteiger partial charge is 0.410 e. The fourth-order valence-electron chi connectivity index (χ4n) is 6.37. The topological polar surface area (TPSA) is 95.9 Å². The highest BCUT2D eigenvalue weighted by Gasteiger charge is 2.26. The number of benzene rings is 2. The van der Waals surface area contributed by atoms with Crippen molar-refractivity contribution in [2.45, 2.75) is 96.1 Å². The van der Waals surface area contributed by atoms with Crippen LogP contribution >= 0.6 is 11.8 Å². The van der Waals surface area contributed by atoms with E-state index in [1.54, 1.807) is 17.8 Å². The fraction of sp³-hybridized carbons (Fsp3) is 0.571. The van der Waals surface area contributed by atoms with Gasteiger partial charge in [-0.1, -0.05) is 62.1 Å². The number of rotatable bonds is 13. The molecule has 0 radical (unpaired) electrons. The van der Waals surface area contributed by atoms with Gasteiger partial charge in [0.25, 0.3) is 5.91 Å². The minimum absolute atomic E-state index is 0.0195. The summed E-state index contributed by atoms with van der Waals surface area (Å²) in [4.78, 5) is 40.6. The van der Waals surface area contributed by atoms with Crippen LogP contribution in [-0.2, 0) is 16.0 Å². The normalized spacial score (nSPS) is 16.8. The molecule has 0 aliphatic heterocycles. The molecule has 2 aromatic carbocycles. The summed E-state index contributed by atoms with van der Waals surface area (Å²) in [7, 11) is 0. The number of ether oxygens (including phenoxy) is 1. The molecule has 0 bridgehead atoms. The number of nitrogens with zero attached hydrogens (tertiary/aromatic N) is 1. The van der Waals surface area contributed by atoms with E-state index in [0.29, 0.717) is 36.6 Å². The SMILES string of the molecule is CSCCC(NC(=O)c1ccc(CCN(CC2CCCCC2)C(=O)OC2CCCCC2)cc1-c1ccccc1C)C(=O)O. The van der Waals surface area contributed by atoms with Gasteiger partial charge in [0.1, 0.15) is 12.1 Å². The van der Waals surface area contributed by atoms with Crippen LogP contribution in [0.3, 0.4) is 0 Å². The van der Waals surface area contributed by atoms with Gasteiger partial charge in [-0.3, -0.25) is 4.79 Å². The van der Waals surface area contributed by atoms with E-state index < -0.39 is 17.9 Å². The summed E-state index contributed by atoms with van der Waals surface area (Å²) in [6.45, 7) is 3.29. The van der Waals surface area contributed by atoms with Gasteiger partial charge in [-0.2, -0.15) is 11.8 Å². The Labute approximate surface area is 261 Å². The van der Waals surface area contributed by atoms with Crippen molar-refractivity contribution in [3.05, 3.63) is 59.2 Å². The van der Waals surface area contributed by atoms with Crippen molar-refractivity contribution < 1.29 is 24.2 Å². The minimum atomic E-state index is -1.03. The summed E-state index contributed by atoms with van der Waals surface area (Å²) in [5.41, 5.74) is 4.20. The van der Waals surface area contributed by atoms with Crippen LogP contribution in [0.1, 0.15) is 92.1 Å². The van der Waals surface area contributed by atoms with Gasteiger partial charge in [0.05, 0.1) is 0 Å². The maximum Gasteiger partial charge on any atom is 0.410 e. The molecule has 2 N–H and O–H groups in total. The van der Waals surface area contributed by atoms with Crippen molar-refractivity contribution >= 4 is 29.7 Å². The maximum atomic E-state index is 13.5. The van der Waals surface area contributed by atoms with Crippen molar-refractivity contribution in [1.82, 2.24) is 10.2 Å². The standard InChI is InChI=1S/C35H48N2O5S/c1-25-11-9-10-16-29(25)31-23-26(17-18-30(31)33(38)36-32(34(39)40)20-22-43-2)19-21-37(24-27-12-5-3-6-13-27)35(41)42-28-14-7-4-8-15-28/h9-11,16-18,23,27-28,32H,3-8,12-15,19-22,24H2,1-2H3,(H,36,38)(H,39,40). The molecule has 2 saturated carbocycles. The zero-order valence-corrected chi connectivity index (χ0v) is 26.6. The molecule has 1 unspecified atom stereocenters. The van der Waals surface area contributed by atoms with E-state index in [-0.39, 0.29) is 12.2 Å². The fourth-order valence-corrected chi connectivity index (χ4v) is 6.85. The molecule has 1 atom stereocenters. The molecule has 7 nitrogen and oxygen atoms in total. The number of hydrogen-bond acceptors (Lipinski definition) is 5. The zero-order valence-electron chi connectivity index (χ0n) is 25.8. The Bertz CT molecular complexity index is 1220. The Morgan fingerprint density at radius 1 is 0.977 bits per heavy atom. The predicted octanol–water partition coefficient (Wildman–Crippen LogP) is 7.49. The number of thioether (sulfide) groups is 1. The molecule has 2 aliphatic rings. The first kappa shape index (κ1) is 32.9. The van der Waals surface area contributed by atoms with E-state index in [2.05, 4.69) is 5.32 Å². The molecule has 2 amide bonds. The second-order valence-electron chi connectivity index (χ2n) is 12.2. The van der Waals surface area contributed by atoms with Gasteiger partial charge >= 0.3 is 12.1 Å². The molecule has 2 fully saturated rings. The average Bonchev–Trinajstić information content (AvgIpc) is 3.02. The number of carboxylic acids is 1. The Morgan fingerprint density at radius 3 is 2.35 bits per heavy atom. The van der Waals surface area contributed by atoms with Gasteiger partial charge in [0.2, 0.25) is 0 Å². The highest BCUT2D eigenvalue weighted by atomic mass is 32.2. The van der Waals surface area contributed by atoms with Crippen molar-refractivity contribution in [3.8, 4) is 11.1 Å². The number of nitrogens with one attached hydrogen (secondary N) is 1. The summed E-state index contributed by atoms with van der Waals surface area (Å²) >= 11 is 1.55. The zero-order chi connectivity index (χ0) is 30.6. The summed E-state index contributed by atoms with van der Waals surface area (Å²) in [5, 5.41) is 12.4. The van der Waals surface area contributed by atoms with Gasteiger partial charge in [-0.15, -0.1) is 0 Å². The van der Waals surface area contributed by atoms with E-state index in [1.807, 2.05) is 54.5 Å². The Balaban J connectivity index is 1.55. The van der Waals surface area contributed by atoms with E-state index >= 15 is 0 Å². The monoisotopic (exact) mass is 608 g/mol. The molecule has 0 spiro atoms. The molecule has 43 heavy (non-hydrogen) atoms. The molecule has 0 aromatic heterocycles. The highest BCUT2D eigenvalue weighted by Crippen LogP contribution is 2.30. The van der Waals surface area contributed by atoms with Gasteiger partial charge < -0.3 is 20.1 Å². The van der Waals surface area contributed by atoms with Crippen LogP contribution in [0.5, 0.6) is 0 Å². The Hall–Kier alpha value is -3.00. The van der Waals surface area contributed by atoms with Crippen LogP contribution in [0.15, 0.2) is 42.5 Å². The van der Waals surface area contributed by atoms with Gasteiger partial charge in [0.15, 0.2) is 0 Å². The van der Waals surface area contributed by atoms with E-state index in [0.717, 1.165) is 67.3 Å². The molecular weight excluding hydrogens is 560 g/mol. The lowest BCUT2D eigenvalue weighted by atomic mass is 9.89. The van der Waals surface area contributed by atoms with Crippen LogP contribution in [0, 0.1) is 12.8 Å². The minimum Gasteiger partial charge on any atom is -0.480 e. The van der Waals surface area contributed by atoms with Gasteiger partial charge in [-0.05, 0) is 105 Å². The lowest BCUT2D eigenvalue weighted by Crippen LogP contribution is -2.41. The van der Waals surface area contributed by atoms with E-state index in [9.17, 15) is 19.5 Å². The molecule has 4 rings (SSSR count). The quantitative estimate of drug-likeness (QED) is 0.245. The van der Waals surface area contributed by atoms with Crippen molar-refractivity contribution in [2.75, 3.05) is 25.1 Å². The van der Waals surface area contributed by atoms with Crippen LogP contribution in [-0.4, -0.2) is 65.2 Å². The lowest BCUT2D eigenvalue weighted by Gasteiger charge is -2.31. The van der Waals surface area contributed by atoms with Crippen molar-refractivity contribution in [1.29, 1.82) is 0 Å². The first-order chi connectivity index (χ1) is 20.9.